The van der Waals surface area contributed by atoms with Crippen LogP contribution in [0.2, 0.25) is 0 Å². The van der Waals surface area contributed by atoms with Crippen molar-refractivity contribution in [1.82, 2.24) is 4.90 Å². The van der Waals surface area contributed by atoms with E-state index in [1.807, 2.05) is 0 Å². The summed E-state index contributed by atoms with van der Waals surface area (Å²) in [6.07, 6.45) is 2.50. The van der Waals surface area contributed by atoms with Crippen LogP contribution >= 0.6 is 0 Å². The third-order valence-electron chi connectivity index (χ3n) is 2.46. The fourth-order valence-electron chi connectivity index (χ4n) is 1.31. The third kappa shape index (κ3) is 4.73. The SMILES string of the molecule is CCCC(CN)CN(C)C(C)C. The summed E-state index contributed by atoms with van der Waals surface area (Å²) in [5.41, 5.74) is 5.68. The Kier molecular flexibility index (Phi) is 6.39. The first-order valence-corrected chi connectivity index (χ1v) is 5.02. The van der Waals surface area contributed by atoms with E-state index in [-0.39, 0.29) is 0 Å². The van der Waals surface area contributed by atoms with Crippen LogP contribution in [-0.4, -0.2) is 31.1 Å². The number of nitrogens with two attached hydrogens (primary N) is 1. The zero-order valence-electron chi connectivity index (χ0n) is 9.01. The van der Waals surface area contributed by atoms with Gasteiger partial charge >= 0.3 is 0 Å². The molecule has 0 aliphatic carbocycles. The van der Waals surface area contributed by atoms with Gasteiger partial charge in [-0.05, 0) is 39.8 Å². The second-order valence-corrected chi connectivity index (χ2v) is 3.92. The highest BCUT2D eigenvalue weighted by Gasteiger charge is 2.10. The summed E-state index contributed by atoms with van der Waals surface area (Å²) in [6, 6.07) is 0.635. The van der Waals surface area contributed by atoms with E-state index in [1.54, 1.807) is 0 Å². The average Bonchev–Trinajstić information content (AvgIpc) is 2.03. The van der Waals surface area contributed by atoms with Gasteiger partial charge in [-0.15, -0.1) is 0 Å². The first-order chi connectivity index (χ1) is 5.61. The molecule has 0 spiro atoms. The fourth-order valence-corrected chi connectivity index (χ4v) is 1.31. The molecular weight excluding hydrogens is 148 g/mol. The van der Waals surface area contributed by atoms with Gasteiger partial charge in [0.05, 0.1) is 0 Å². The van der Waals surface area contributed by atoms with Crippen LogP contribution in [0.1, 0.15) is 33.6 Å². The van der Waals surface area contributed by atoms with Crippen LogP contribution in [0.25, 0.3) is 0 Å². The maximum absolute atomic E-state index is 5.68. The number of nitrogens with zero attached hydrogens (tertiary/aromatic N) is 1. The van der Waals surface area contributed by atoms with Crippen molar-refractivity contribution in [2.75, 3.05) is 20.1 Å². The molecule has 2 nitrogen and oxygen atoms in total. The number of rotatable bonds is 6. The molecule has 0 radical (unpaired) electrons. The summed E-state index contributed by atoms with van der Waals surface area (Å²) in [5.74, 6) is 0.683. The molecule has 0 aromatic heterocycles. The highest BCUT2D eigenvalue weighted by Crippen LogP contribution is 2.07. The van der Waals surface area contributed by atoms with E-state index in [1.165, 1.54) is 12.8 Å². The zero-order valence-corrected chi connectivity index (χ0v) is 9.01. The molecular formula is C10H24N2. The number of hydrogen-bond donors (Lipinski definition) is 1. The van der Waals surface area contributed by atoms with Crippen LogP contribution < -0.4 is 5.73 Å². The molecule has 0 rings (SSSR count). The van der Waals surface area contributed by atoms with Gasteiger partial charge in [0, 0.05) is 12.6 Å². The standard InChI is InChI=1S/C10H24N2/c1-5-6-10(7-11)8-12(4)9(2)3/h9-10H,5-8,11H2,1-4H3. The summed E-state index contributed by atoms with van der Waals surface area (Å²) in [5, 5.41) is 0. The van der Waals surface area contributed by atoms with Crippen molar-refractivity contribution in [2.45, 2.75) is 39.7 Å². The Hall–Kier alpha value is -0.0800. The van der Waals surface area contributed by atoms with Crippen LogP contribution in [-0.2, 0) is 0 Å². The Bertz CT molecular complexity index is 102. The van der Waals surface area contributed by atoms with E-state index in [4.69, 9.17) is 5.73 Å². The Morgan fingerprint density at radius 3 is 2.25 bits per heavy atom. The van der Waals surface area contributed by atoms with Crippen LogP contribution in [0, 0.1) is 5.92 Å². The van der Waals surface area contributed by atoms with E-state index < -0.39 is 0 Å². The van der Waals surface area contributed by atoms with E-state index in [2.05, 4.69) is 32.7 Å². The molecule has 0 saturated carbocycles. The molecule has 74 valence electrons. The lowest BCUT2D eigenvalue weighted by Crippen LogP contribution is -2.34. The molecule has 0 aliphatic rings. The van der Waals surface area contributed by atoms with E-state index >= 15 is 0 Å². The highest BCUT2D eigenvalue weighted by molar-refractivity contribution is 4.66. The molecule has 0 amide bonds. The van der Waals surface area contributed by atoms with Gasteiger partial charge in [-0.3, -0.25) is 0 Å². The second kappa shape index (κ2) is 6.44. The van der Waals surface area contributed by atoms with Gasteiger partial charge in [-0.1, -0.05) is 13.3 Å². The predicted octanol–water partition coefficient (Wildman–Crippen LogP) is 1.70. The topological polar surface area (TPSA) is 29.3 Å². The van der Waals surface area contributed by atoms with E-state index in [9.17, 15) is 0 Å². The lowest BCUT2D eigenvalue weighted by atomic mass is 10.0. The fraction of sp³-hybridized carbons (Fsp3) is 1.00. The van der Waals surface area contributed by atoms with E-state index in [0.717, 1.165) is 13.1 Å². The van der Waals surface area contributed by atoms with Crippen molar-refractivity contribution >= 4 is 0 Å². The highest BCUT2D eigenvalue weighted by atomic mass is 15.1. The van der Waals surface area contributed by atoms with Gasteiger partial charge in [-0.2, -0.15) is 0 Å². The van der Waals surface area contributed by atoms with Gasteiger partial charge in [-0.25, -0.2) is 0 Å². The third-order valence-corrected chi connectivity index (χ3v) is 2.46. The number of hydrogen-bond acceptors (Lipinski definition) is 2. The molecule has 1 unspecified atom stereocenters. The van der Waals surface area contributed by atoms with Gasteiger partial charge in [0.15, 0.2) is 0 Å². The van der Waals surface area contributed by atoms with E-state index in [0.29, 0.717) is 12.0 Å². The van der Waals surface area contributed by atoms with Gasteiger partial charge in [0.2, 0.25) is 0 Å². The zero-order chi connectivity index (χ0) is 9.56. The van der Waals surface area contributed by atoms with Crippen molar-refractivity contribution < 1.29 is 0 Å². The Balaban J connectivity index is 3.68. The Labute approximate surface area is 77.1 Å². The van der Waals surface area contributed by atoms with Crippen molar-refractivity contribution in [3.8, 4) is 0 Å². The second-order valence-electron chi connectivity index (χ2n) is 3.92. The normalized spacial score (nSPS) is 14.2. The minimum Gasteiger partial charge on any atom is -0.330 e. The lowest BCUT2D eigenvalue weighted by molar-refractivity contribution is 0.226. The first kappa shape index (κ1) is 11.9. The molecule has 0 fully saturated rings. The summed E-state index contributed by atoms with van der Waals surface area (Å²) >= 11 is 0. The van der Waals surface area contributed by atoms with Gasteiger partial charge < -0.3 is 10.6 Å². The van der Waals surface area contributed by atoms with Gasteiger partial charge in [0.25, 0.3) is 0 Å². The van der Waals surface area contributed by atoms with Crippen LogP contribution in [0.5, 0.6) is 0 Å². The molecule has 2 heteroatoms. The van der Waals surface area contributed by atoms with Crippen LogP contribution in [0.4, 0.5) is 0 Å². The van der Waals surface area contributed by atoms with Crippen molar-refractivity contribution in [3.05, 3.63) is 0 Å². The summed E-state index contributed by atoms with van der Waals surface area (Å²) in [7, 11) is 2.17. The molecule has 0 bridgehead atoms. The molecule has 0 aromatic rings. The molecule has 0 saturated heterocycles. The quantitative estimate of drug-likeness (QED) is 0.661. The maximum atomic E-state index is 5.68. The molecule has 2 N–H and O–H groups in total. The Morgan fingerprint density at radius 1 is 1.33 bits per heavy atom. The van der Waals surface area contributed by atoms with Crippen molar-refractivity contribution in [3.63, 3.8) is 0 Å². The monoisotopic (exact) mass is 172 g/mol. The lowest BCUT2D eigenvalue weighted by Gasteiger charge is -2.25. The predicted molar refractivity (Wildman–Crippen MR) is 55.2 cm³/mol. The molecule has 0 aliphatic heterocycles. The molecule has 0 aromatic carbocycles. The minimum absolute atomic E-state index is 0.635. The minimum atomic E-state index is 0.635. The van der Waals surface area contributed by atoms with Gasteiger partial charge in [0.1, 0.15) is 0 Å². The van der Waals surface area contributed by atoms with Crippen molar-refractivity contribution in [2.24, 2.45) is 11.7 Å². The van der Waals surface area contributed by atoms with Crippen LogP contribution in [0.3, 0.4) is 0 Å². The van der Waals surface area contributed by atoms with Crippen LogP contribution in [0.15, 0.2) is 0 Å². The molecule has 1 atom stereocenters. The maximum Gasteiger partial charge on any atom is 0.00356 e. The summed E-state index contributed by atoms with van der Waals surface area (Å²) in [6.45, 7) is 8.63. The largest absolute Gasteiger partial charge is 0.330 e. The molecule has 0 heterocycles. The average molecular weight is 172 g/mol. The Morgan fingerprint density at radius 2 is 1.92 bits per heavy atom. The first-order valence-electron chi connectivity index (χ1n) is 5.02. The summed E-state index contributed by atoms with van der Waals surface area (Å²) < 4.78 is 0. The van der Waals surface area contributed by atoms with Crippen molar-refractivity contribution in [1.29, 1.82) is 0 Å². The smallest absolute Gasteiger partial charge is 0.00356 e. The molecule has 12 heavy (non-hydrogen) atoms. The summed E-state index contributed by atoms with van der Waals surface area (Å²) in [4.78, 5) is 2.37.